The third kappa shape index (κ3) is 6.47. The lowest BCUT2D eigenvalue weighted by Crippen LogP contribution is -2.50. The summed E-state index contributed by atoms with van der Waals surface area (Å²) in [4.78, 5) is 13.2. The maximum atomic E-state index is 11.7. The number of benzene rings is 1. The number of methoxy groups -OCH3 is 1. The van der Waals surface area contributed by atoms with Crippen LogP contribution in [0.25, 0.3) is 0 Å². The number of carbonyl (C=O) groups is 1. The number of morpholine rings is 1. The Morgan fingerprint density at radius 1 is 1.31 bits per heavy atom. The molecule has 1 aliphatic heterocycles. The summed E-state index contributed by atoms with van der Waals surface area (Å²) in [6.07, 6.45) is 3.71. The molecule has 2 aliphatic rings. The molecule has 8 heteroatoms. The number of nitrogens with one attached hydrogen (secondary N) is 2. The average Bonchev–Trinajstić information content (AvgIpc) is 3.19. The van der Waals surface area contributed by atoms with Crippen molar-refractivity contribution in [1.29, 1.82) is 0 Å². The molecular formula is C21H34ClN3O4. The van der Waals surface area contributed by atoms with Gasteiger partial charge in [0.2, 0.25) is 0 Å². The Morgan fingerprint density at radius 2 is 2.14 bits per heavy atom. The molecule has 3 atom stereocenters. The van der Waals surface area contributed by atoms with E-state index >= 15 is 0 Å². The van der Waals surface area contributed by atoms with E-state index in [0.29, 0.717) is 29.5 Å². The highest BCUT2D eigenvalue weighted by atomic mass is 35.5. The molecule has 0 radical (unpaired) electrons. The highest BCUT2D eigenvalue weighted by Gasteiger charge is 2.34. The van der Waals surface area contributed by atoms with Gasteiger partial charge in [0.05, 0.1) is 20.3 Å². The molecule has 1 aliphatic carbocycles. The Kier molecular flexibility index (Phi) is 9.49. The van der Waals surface area contributed by atoms with E-state index in [1.165, 1.54) is 24.2 Å². The van der Waals surface area contributed by atoms with E-state index in [9.17, 15) is 4.79 Å². The first-order valence-corrected chi connectivity index (χ1v) is 10.1. The summed E-state index contributed by atoms with van der Waals surface area (Å²) in [7, 11) is 5.04. The van der Waals surface area contributed by atoms with Gasteiger partial charge in [-0.1, -0.05) is 12.5 Å². The van der Waals surface area contributed by atoms with Gasteiger partial charge in [-0.2, -0.15) is 0 Å². The van der Waals surface area contributed by atoms with E-state index in [1.54, 1.807) is 21.2 Å². The van der Waals surface area contributed by atoms with Crippen molar-refractivity contribution in [2.75, 3.05) is 47.6 Å². The van der Waals surface area contributed by atoms with Crippen LogP contribution in [0, 0.1) is 5.92 Å². The lowest BCUT2D eigenvalue weighted by molar-refractivity contribution is -0.130. The summed E-state index contributed by atoms with van der Waals surface area (Å²) in [6, 6.07) is 6.83. The summed E-state index contributed by atoms with van der Waals surface area (Å²) in [5, 5.41) is 7.34. The van der Waals surface area contributed by atoms with Crippen LogP contribution < -0.4 is 20.1 Å². The number of ether oxygens (including phenoxy) is 3. The zero-order valence-electron chi connectivity index (χ0n) is 17.6. The van der Waals surface area contributed by atoms with Crippen LogP contribution in [0.15, 0.2) is 18.2 Å². The van der Waals surface area contributed by atoms with Gasteiger partial charge in [-0.25, -0.2) is 0 Å². The third-order valence-electron chi connectivity index (χ3n) is 5.68. The molecular weight excluding hydrogens is 394 g/mol. The van der Waals surface area contributed by atoms with Crippen LogP contribution in [-0.4, -0.2) is 70.5 Å². The number of amides is 1. The first-order chi connectivity index (χ1) is 13.6. The topological polar surface area (TPSA) is 72.1 Å². The van der Waals surface area contributed by atoms with Crippen molar-refractivity contribution in [2.45, 2.75) is 37.9 Å². The minimum Gasteiger partial charge on any atom is -0.493 e. The van der Waals surface area contributed by atoms with Crippen molar-refractivity contribution in [1.82, 2.24) is 15.5 Å². The van der Waals surface area contributed by atoms with E-state index in [4.69, 9.17) is 14.2 Å². The summed E-state index contributed by atoms with van der Waals surface area (Å²) in [5.41, 5.74) is 1.14. The molecule has 1 aromatic rings. The molecule has 0 spiro atoms. The van der Waals surface area contributed by atoms with Gasteiger partial charge < -0.3 is 29.7 Å². The molecule has 29 heavy (non-hydrogen) atoms. The van der Waals surface area contributed by atoms with E-state index < -0.39 is 0 Å². The molecule has 1 saturated carbocycles. The van der Waals surface area contributed by atoms with Crippen molar-refractivity contribution in [3.63, 3.8) is 0 Å². The highest BCUT2D eigenvalue weighted by Crippen LogP contribution is 2.31. The first kappa shape index (κ1) is 23.7. The van der Waals surface area contributed by atoms with Gasteiger partial charge >= 0.3 is 0 Å². The first-order valence-electron chi connectivity index (χ1n) is 10.1. The lowest BCUT2D eigenvalue weighted by atomic mass is 9.94. The molecule has 3 rings (SSSR count). The minimum atomic E-state index is -0.0830. The fourth-order valence-electron chi connectivity index (χ4n) is 4.04. The molecule has 2 fully saturated rings. The zero-order valence-corrected chi connectivity index (χ0v) is 18.4. The molecule has 164 valence electrons. The molecule has 1 aromatic carbocycles. The average molecular weight is 428 g/mol. The smallest absolute Gasteiger partial charge is 0.259 e. The second-order valence-corrected chi connectivity index (χ2v) is 7.78. The standard InChI is InChI=1S/C21H33N3O4.ClH/c1-24(2)21(25)14-28-19-8-7-15(11-20(19)26-3)12-23-17-6-4-5-16(17)18-13-27-10-9-22-18;/h7-8,11,16-18,22-23H,4-6,9-10,12-14H2,1-3H3;1H. The second kappa shape index (κ2) is 11.6. The summed E-state index contributed by atoms with van der Waals surface area (Å²) in [5.74, 6) is 1.77. The molecule has 0 bridgehead atoms. The van der Waals surface area contributed by atoms with Crippen LogP contribution in [-0.2, 0) is 16.1 Å². The van der Waals surface area contributed by atoms with Crippen molar-refractivity contribution in [2.24, 2.45) is 5.92 Å². The third-order valence-corrected chi connectivity index (χ3v) is 5.68. The molecule has 1 amide bonds. The van der Waals surface area contributed by atoms with Gasteiger partial charge in [0.1, 0.15) is 0 Å². The van der Waals surface area contributed by atoms with E-state index in [1.807, 2.05) is 18.2 Å². The predicted octanol–water partition coefficient (Wildman–Crippen LogP) is 1.83. The summed E-state index contributed by atoms with van der Waals surface area (Å²) >= 11 is 0. The van der Waals surface area contributed by atoms with Gasteiger partial charge in [-0.3, -0.25) is 4.79 Å². The fourth-order valence-corrected chi connectivity index (χ4v) is 4.04. The van der Waals surface area contributed by atoms with Gasteiger partial charge in [-0.15, -0.1) is 12.4 Å². The summed E-state index contributed by atoms with van der Waals surface area (Å²) < 4.78 is 16.7. The second-order valence-electron chi connectivity index (χ2n) is 7.78. The molecule has 1 heterocycles. The van der Waals surface area contributed by atoms with Crippen LogP contribution in [0.4, 0.5) is 0 Å². The van der Waals surface area contributed by atoms with Gasteiger partial charge in [0.15, 0.2) is 18.1 Å². The highest BCUT2D eigenvalue weighted by molar-refractivity contribution is 5.85. The Balaban J connectivity index is 0.00000300. The van der Waals surface area contributed by atoms with E-state index in [0.717, 1.165) is 31.9 Å². The number of hydrogen-bond acceptors (Lipinski definition) is 6. The maximum Gasteiger partial charge on any atom is 0.259 e. The van der Waals surface area contributed by atoms with Crippen molar-refractivity contribution >= 4 is 18.3 Å². The van der Waals surface area contributed by atoms with Crippen molar-refractivity contribution in [3.05, 3.63) is 23.8 Å². The molecule has 7 nitrogen and oxygen atoms in total. The van der Waals surface area contributed by atoms with E-state index in [-0.39, 0.29) is 24.9 Å². The van der Waals surface area contributed by atoms with Crippen LogP contribution in [0.2, 0.25) is 0 Å². The molecule has 2 N–H and O–H groups in total. The Hall–Kier alpha value is -1.54. The largest absolute Gasteiger partial charge is 0.493 e. The lowest BCUT2D eigenvalue weighted by Gasteiger charge is -2.33. The quantitative estimate of drug-likeness (QED) is 0.659. The number of rotatable bonds is 8. The monoisotopic (exact) mass is 427 g/mol. The molecule has 0 aromatic heterocycles. The Morgan fingerprint density at radius 3 is 2.83 bits per heavy atom. The number of hydrogen-bond donors (Lipinski definition) is 2. The fraction of sp³-hybridized carbons (Fsp3) is 0.667. The van der Waals surface area contributed by atoms with Crippen LogP contribution in [0.3, 0.4) is 0 Å². The number of halogens is 1. The van der Waals surface area contributed by atoms with Crippen LogP contribution >= 0.6 is 12.4 Å². The zero-order chi connectivity index (χ0) is 19.9. The maximum absolute atomic E-state index is 11.7. The van der Waals surface area contributed by atoms with Gasteiger partial charge in [0, 0.05) is 39.3 Å². The normalized spacial score (nSPS) is 23.9. The number of nitrogens with zero attached hydrogens (tertiary/aromatic N) is 1. The molecule has 3 unspecified atom stereocenters. The van der Waals surface area contributed by atoms with Gasteiger partial charge in [0.25, 0.3) is 5.91 Å². The number of likely N-dealkylation sites (N-methyl/N-ethyl adjacent to an activating group) is 1. The molecule has 1 saturated heterocycles. The van der Waals surface area contributed by atoms with Crippen molar-refractivity contribution < 1.29 is 19.0 Å². The minimum absolute atomic E-state index is 0. The predicted molar refractivity (Wildman–Crippen MR) is 115 cm³/mol. The summed E-state index contributed by atoms with van der Waals surface area (Å²) in [6.45, 7) is 3.36. The Bertz CT molecular complexity index is 653. The number of carbonyl (C=O) groups excluding carboxylic acids is 1. The van der Waals surface area contributed by atoms with E-state index in [2.05, 4.69) is 10.6 Å². The SMILES string of the molecule is COc1cc(CNC2CCCC2C2COCCN2)ccc1OCC(=O)N(C)C.Cl. The van der Waals surface area contributed by atoms with Gasteiger partial charge in [-0.05, 0) is 36.5 Å². The van der Waals surface area contributed by atoms with Crippen molar-refractivity contribution in [3.8, 4) is 11.5 Å². The van der Waals surface area contributed by atoms with Crippen LogP contribution in [0.5, 0.6) is 11.5 Å². The van der Waals surface area contributed by atoms with Crippen LogP contribution in [0.1, 0.15) is 24.8 Å². The Labute approximate surface area is 179 Å².